The van der Waals surface area contributed by atoms with Gasteiger partial charge in [-0.15, -0.1) is 11.3 Å². The molecule has 2 heterocycles. The van der Waals surface area contributed by atoms with Crippen molar-refractivity contribution in [1.29, 1.82) is 0 Å². The quantitative estimate of drug-likeness (QED) is 0.175. The highest BCUT2D eigenvalue weighted by Crippen LogP contribution is 2.44. The molecule has 240 valence electrons. The zero-order valence-corrected chi connectivity index (χ0v) is 28.5. The highest BCUT2D eigenvalue weighted by Gasteiger charge is 2.19. The first kappa shape index (κ1) is 29.5. The van der Waals surface area contributed by atoms with Gasteiger partial charge in [-0.25, -0.2) is 0 Å². The number of hydrogen-bond acceptors (Lipinski definition) is 3. The highest BCUT2D eigenvalue weighted by molar-refractivity contribution is 7.25. The fourth-order valence-corrected chi connectivity index (χ4v) is 8.56. The number of fused-ring (bicyclic) bond motifs is 6. The Labute approximate surface area is 300 Å². The van der Waals surface area contributed by atoms with E-state index in [4.69, 9.17) is 4.42 Å². The van der Waals surface area contributed by atoms with Crippen LogP contribution in [0, 0.1) is 0 Å². The Balaban J connectivity index is 1.06. The summed E-state index contributed by atoms with van der Waals surface area (Å²) in [4.78, 5) is 2.35. The van der Waals surface area contributed by atoms with E-state index in [1.807, 2.05) is 23.5 Å². The number of anilines is 3. The zero-order valence-electron chi connectivity index (χ0n) is 27.7. The van der Waals surface area contributed by atoms with Gasteiger partial charge in [0.05, 0.1) is 11.1 Å². The van der Waals surface area contributed by atoms with E-state index in [-0.39, 0.29) is 0 Å². The average Bonchev–Trinajstić information content (AvgIpc) is 3.77. The van der Waals surface area contributed by atoms with E-state index in [2.05, 4.69) is 181 Å². The Kier molecular flexibility index (Phi) is 7.04. The van der Waals surface area contributed by atoms with Crippen molar-refractivity contribution in [2.24, 2.45) is 0 Å². The Hall–Kier alpha value is -6.42. The molecule has 10 rings (SSSR count). The minimum Gasteiger partial charge on any atom is -0.456 e. The molecule has 0 saturated heterocycles. The molecule has 0 unspecified atom stereocenters. The summed E-state index contributed by atoms with van der Waals surface area (Å²) in [5.74, 6) is 0. The zero-order chi connectivity index (χ0) is 33.7. The van der Waals surface area contributed by atoms with E-state index < -0.39 is 0 Å². The second-order valence-electron chi connectivity index (χ2n) is 12.9. The predicted octanol–water partition coefficient (Wildman–Crippen LogP) is 14.4. The van der Waals surface area contributed by atoms with E-state index >= 15 is 0 Å². The summed E-state index contributed by atoms with van der Waals surface area (Å²) < 4.78 is 8.94. The summed E-state index contributed by atoms with van der Waals surface area (Å²) in [7, 11) is 0. The first-order valence-corrected chi connectivity index (χ1v) is 18.1. The van der Waals surface area contributed by atoms with Gasteiger partial charge in [-0.2, -0.15) is 0 Å². The van der Waals surface area contributed by atoms with Crippen molar-refractivity contribution in [3.63, 3.8) is 0 Å². The molecule has 0 aliphatic heterocycles. The second kappa shape index (κ2) is 12.2. The van der Waals surface area contributed by atoms with Gasteiger partial charge in [0.25, 0.3) is 0 Å². The number of rotatable bonds is 6. The van der Waals surface area contributed by atoms with Crippen LogP contribution in [0.1, 0.15) is 0 Å². The van der Waals surface area contributed by atoms with Crippen LogP contribution in [0.15, 0.2) is 192 Å². The summed E-state index contributed by atoms with van der Waals surface area (Å²) in [5, 5.41) is 4.83. The Morgan fingerprint density at radius 1 is 0.353 bits per heavy atom. The van der Waals surface area contributed by atoms with Crippen molar-refractivity contribution in [2.45, 2.75) is 0 Å². The lowest BCUT2D eigenvalue weighted by molar-refractivity contribution is 0.669. The van der Waals surface area contributed by atoms with Crippen LogP contribution in [0.5, 0.6) is 0 Å². The van der Waals surface area contributed by atoms with Crippen molar-refractivity contribution < 1.29 is 4.42 Å². The molecule has 0 atom stereocenters. The van der Waals surface area contributed by atoms with Crippen LogP contribution in [-0.2, 0) is 0 Å². The van der Waals surface area contributed by atoms with Gasteiger partial charge in [0.15, 0.2) is 0 Å². The lowest BCUT2D eigenvalue weighted by atomic mass is 10.0. The maximum atomic E-state index is 6.33. The number of thiophene rings is 1. The van der Waals surface area contributed by atoms with Crippen molar-refractivity contribution >= 4 is 70.5 Å². The molecule has 2 nitrogen and oxygen atoms in total. The third kappa shape index (κ3) is 5.18. The Morgan fingerprint density at radius 2 is 0.824 bits per heavy atom. The minimum absolute atomic E-state index is 0.878. The van der Waals surface area contributed by atoms with Crippen molar-refractivity contribution in [1.82, 2.24) is 0 Å². The van der Waals surface area contributed by atoms with Gasteiger partial charge in [-0.1, -0.05) is 133 Å². The van der Waals surface area contributed by atoms with E-state index in [0.29, 0.717) is 0 Å². The van der Waals surface area contributed by atoms with Gasteiger partial charge < -0.3 is 9.32 Å². The van der Waals surface area contributed by atoms with Crippen LogP contribution in [0.2, 0.25) is 0 Å². The monoisotopic (exact) mass is 669 g/mol. The predicted molar refractivity (Wildman–Crippen MR) is 218 cm³/mol. The molecule has 0 fully saturated rings. The summed E-state index contributed by atoms with van der Waals surface area (Å²) in [5.41, 5.74) is 12.3. The topological polar surface area (TPSA) is 16.4 Å². The van der Waals surface area contributed by atoms with Gasteiger partial charge in [-0.3, -0.25) is 0 Å². The van der Waals surface area contributed by atoms with Crippen LogP contribution in [-0.4, -0.2) is 0 Å². The molecule has 0 aliphatic rings. The van der Waals surface area contributed by atoms with Gasteiger partial charge in [-0.05, 0) is 88.0 Å². The fraction of sp³-hybridized carbons (Fsp3) is 0. The van der Waals surface area contributed by atoms with Crippen LogP contribution >= 0.6 is 11.3 Å². The first-order valence-electron chi connectivity index (χ1n) is 17.2. The number of benzene rings is 8. The van der Waals surface area contributed by atoms with Crippen molar-refractivity contribution in [3.05, 3.63) is 188 Å². The second-order valence-corrected chi connectivity index (χ2v) is 14.0. The summed E-state index contributed by atoms with van der Waals surface area (Å²) >= 11 is 1.87. The Morgan fingerprint density at radius 3 is 1.43 bits per heavy atom. The van der Waals surface area contributed by atoms with Gasteiger partial charge in [0.2, 0.25) is 0 Å². The number of nitrogens with zero attached hydrogens (tertiary/aromatic N) is 1. The average molecular weight is 670 g/mol. The molecule has 8 aromatic carbocycles. The molecule has 0 amide bonds. The van der Waals surface area contributed by atoms with Crippen LogP contribution in [0.3, 0.4) is 0 Å². The molecule has 3 heteroatoms. The summed E-state index contributed by atoms with van der Waals surface area (Å²) in [6.07, 6.45) is 0. The minimum atomic E-state index is 0.878. The molecule has 0 spiro atoms. The molecular formula is C48H31NOS. The van der Waals surface area contributed by atoms with E-state index in [9.17, 15) is 0 Å². The normalized spacial score (nSPS) is 11.5. The maximum absolute atomic E-state index is 6.33. The van der Waals surface area contributed by atoms with Crippen LogP contribution < -0.4 is 4.90 Å². The fourth-order valence-electron chi connectivity index (χ4n) is 7.37. The molecule has 10 aromatic rings. The van der Waals surface area contributed by atoms with Gasteiger partial charge in [0.1, 0.15) is 11.2 Å². The van der Waals surface area contributed by atoms with Gasteiger partial charge in [0, 0.05) is 36.9 Å². The Bertz CT molecular complexity index is 2830. The van der Waals surface area contributed by atoms with E-state index in [1.54, 1.807) is 0 Å². The number of furan rings is 1. The largest absolute Gasteiger partial charge is 0.456 e. The first-order chi connectivity index (χ1) is 25.3. The van der Waals surface area contributed by atoms with E-state index in [1.165, 1.54) is 53.6 Å². The van der Waals surface area contributed by atoms with Gasteiger partial charge >= 0.3 is 0 Å². The van der Waals surface area contributed by atoms with Crippen molar-refractivity contribution in [3.8, 4) is 33.4 Å². The number of para-hydroxylation sites is 1. The van der Waals surface area contributed by atoms with Crippen LogP contribution in [0.4, 0.5) is 17.1 Å². The molecule has 51 heavy (non-hydrogen) atoms. The molecule has 0 bridgehead atoms. The third-order valence-corrected chi connectivity index (χ3v) is 11.0. The third-order valence-electron chi connectivity index (χ3n) is 9.89. The standard InChI is InChI=1S/C48H31NOS/c1-3-10-32(11-4-1)34-18-24-38(25-19-34)49(43-15-9-17-45-48(43)42-14-7-8-16-44(42)50-45)39-26-20-35(21-27-39)37-23-29-41-40-28-22-36(33-12-5-2-6-13-33)30-46(40)51-47(41)31-37/h1-31H. The van der Waals surface area contributed by atoms with Crippen molar-refractivity contribution in [2.75, 3.05) is 4.90 Å². The highest BCUT2D eigenvalue weighted by atomic mass is 32.1. The van der Waals surface area contributed by atoms with Crippen LogP contribution in [0.25, 0.3) is 75.5 Å². The SMILES string of the molecule is c1ccc(-c2ccc(N(c3ccc(-c4ccc5c(c4)sc4cc(-c6ccccc6)ccc45)cc3)c3cccc4oc5ccccc5c34)cc2)cc1. The molecule has 0 N–H and O–H groups in total. The molecule has 0 aliphatic carbocycles. The maximum Gasteiger partial charge on any atom is 0.137 e. The molecule has 2 aromatic heterocycles. The lowest BCUT2D eigenvalue weighted by Crippen LogP contribution is -2.10. The lowest BCUT2D eigenvalue weighted by Gasteiger charge is -2.26. The number of hydrogen-bond donors (Lipinski definition) is 0. The molecule has 0 saturated carbocycles. The molecule has 0 radical (unpaired) electrons. The molecular weight excluding hydrogens is 639 g/mol. The summed E-state index contributed by atoms with van der Waals surface area (Å²) in [6.45, 7) is 0. The smallest absolute Gasteiger partial charge is 0.137 e. The van der Waals surface area contributed by atoms with E-state index in [0.717, 1.165) is 39.0 Å². The summed E-state index contributed by atoms with van der Waals surface area (Å²) in [6, 6.07) is 67.4.